The van der Waals surface area contributed by atoms with Crippen LogP contribution in [-0.4, -0.2) is 48.7 Å². The third-order valence-corrected chi connectivity index (χ3v) is 13.9. The average molecular weight is 588 g/mol. The molecule has 1 aromatic rings. The SMILES string of the molecule is CC(C)O[C@H](C(=O)O[C@@H]1C[C@@]2(C)CC[C@]1(CS(=O)(=O)N(C1CCCCC1)C1CCCCC1)C2(C)C)c1ccccc1. The van der Waals surface area contributed by atoms with E-state index in [1.165, 1.54) is 12.8 Å². The van der Waals surface area contributed by atoms with Gasteiger partial charge in [-0.3, -0.25) is 0 Å². The van der Waals surface area contributed by atoms with Crippen molar-refractivity contribution in [2.45, 2.75) is 148 Å². The van der Waals surface area contributed by atoms with Gasteiger partial charge in [0.15, 0.2) is 6.10 Å². The van der Waals surface area contributed by atoms with Crippen molar-refractivity contribution in [2.75, 3.05) is 5.75 Å². The summed E-state index contributed by atoms with van der Waals surface area (Å²) in [5.41, 5.74) is -0.238. The molecule has 0 radical (unpaired) electrons. The Morgan fingerprint density at radius 1 is 0.902 bits per heavy atom. The van der Waals surface area contributed by atoms with E-state index in [1.54, 1.807) is 0 Å². The van der Waals surface area contributed by atoms with Gasteiger partial charge in [-0.05, 0) is 75.2 Å². The van der Waals surface area contributed by atoms with Gasteiger partial charge in [-0.25, -0.2) is 13.2 Å². The maximum atomic E-state index is 14.8. The van der Waals surface area contributed by atoms with Crippen LogP contribution in [-0.2, 0) is 24.3 Å². The molecule has 6 nitrogen and oxygen atoms in total. The highest BCUT2D eigenvalue weighted by Gasteiger charge is 2.72. The zero-order chi connectivity index (χ0) is 29.5. The van der Waals surface area contributed by atoms with Crippen molar-refractivity contribution in [2.24, 2.45) is 16.2 Å². The summed E-state index contributed by atoms with van der Waals surface area (Å²) in [6.45, 7) is 10.6. The molecule has 41 heavy (non-hydrogen) atoms. The quantitative estimate of drug-likeness (QED) is 0.264. The second-order valence-electron chi connectivity index (χ2n) is 14.6. The van der Waals surface area contributed by atoms with Crippen molar-refractivity contribution >= 4 is 16.0 Å². The first kappa shape index (κ1) is 31.0. The van der Waals surface area contributed by atoms with E-state index in [0.717, 1.165) is 69.8 Å². The molecule has 4 aliphatic rings. The number of carbonyl (C=O) groups is 1. The smallest absolute Gasteiger partial charge is 0.340 e. The van der Waals surface area contributed by atoms with E-state index >= 15 is 0 Å². The van der Waals surface area contributed by atoms with Crippen molar-refractivity contribution in [3.8, 4) is 0 Å². The molecule has 0 amide bonds. The zero-order valence-corrected chi connectivity index (χ0v) is 26.9. The van der Waals surface area contributed by atoms with E-state index in [2.05, 4.69) is 20.8 Å². The van der Waals surface area contributed by atoms with Crippen LogP contribution in [0.1, 0.15) is 130 Å². The van der Waals surface area contributed by atoms with Crippen LogP contribution in [0.3, 0.4) is 0 Å². The average Bonchev–Trinajstić information content (AvgIpc) is 3.22. The number of sulfonamides is 1. The molecular formula is C34H53NO5S. The maximum Gasteiger partial charge on any atom is 0.340 e. The Bertz CT molecular complexity index is 1140. The molecule has 0 heterocycles. The molecule has 0 aliphatic heterocycles. The minimum absolute atomic E-state index is 0.0641. The highest BCUT2D eigenvalue weighted by Crippen LogP contribution is 2.73. The largest absolute Gasteiger partial charge is 0.460 e. The molecule has 2 bridgehead atoms. The van der Waals surface area contributed by atoms with Crippen LogP contribution >= 0.6 is 0 Å². The lowest BCUT2D eigenvalue weighted by atomic mass is 9.65. The molecule has 4 aliphatic carbocycles. The van der Waals surface area contributed by atoms with Crippen molar-refractivity contribution in [1.82, 2.24) is 4.31 Å². The van der Waals surface area contributed by atoms with E-state index in [4.69, 9.17) is 9.47 Å². The van der Waals surface area contributed by atoms with Gasteiger partial charge in [0, 0.05) is 17.5 Å². The lowest BCUT2D eigenvalue weighted by Gasteiger charge is -2.46. The molecule has 4 atom stereocenters. The summed E-state index contributed by atoms with van der Waals surface area (Å²) in [7, 11) is -3.60. The summed E-state index contributed by atoms with van der Waals surface area (Å²) in [4.78, 5) is 13.9. The summed E-state index contributed by atoms with van der Waals surface area (Å²) < 4.78 is 44.0. The molecule has 5 rings (SSSR count). The van der Waals surface area contributed by atoms with Gasteiger partial charge in [-0.15, -0.1) is 0 Å². The molecule has 0 aromatic heterocycles. The Kier molecular flexibility index (Phi) is 9.01. The van der Waals surface area contributed by atoms with E-state index in [1.807, 2.05) is 48.5 Å². The number of carbonyl (C=O) groups excluding carboxylic acids is 1. The summed E-state index contributed by atoms with van der Waals surface area (Å²) in [5.74, 6) is -0.343. The topological polar surface area (TPSA) is 72.9 Å². The van der Waals surface area contributed by atoms with E-state index in [-0.39, 0.29) is 34.8 Å². The van der Waals surface area contributed by atoms with Crippen LogP contribution in [0.15, 0.2) is 30.3 Å². The fourth-order valence-corrected chi connectivity index (χ4v) is 11.8. The highest BCUT2D eigenvalue weighted by molar-refractivity contribution is 7.89. The number of benzene rings is 1. The van der Waals surface area contributed by atoms with Crippen molar-refractivity contribution in [1.29, 1.82) is 0 Å². The molecule has 4 fully saturated rings. The third-order valence-electron chi connectivity index (χ3n) is 11.7. The van der Waals surface area contributed by atoms with Crippen molar-refractivity contribution in [3.05, 3.63) is 35.9 Å². The van der Waals surface area contributed by atoms with E-state index < -0.39 is 33.6 Å². The number of hydrogen-bond acceptors (Lipinski definition) is 5. The lowest BCUT2D eigenvalue weighted by Crippen LogP contribution is -2.55. The number of nitrogens with zero attached hydrogens (tertiary/aromatic N) is 1. The second-order valence-corrected chi connectivity index (χ2v) is 16.5. The third kappa shape index (κ3) is 5.76. The fourth-order valence-electron chi connectivity index (χ4n) is 8.95. The first-order valence-corrected chi connectivity index (χ1v) is 17.9. The molecule has 4 saturated carbocycles. The predicted octanol–water partition coefficient (Wildman–Crippen LogP) is 7.58. The van der Waals surface area contributed by atoms with Gasteiger partial charge in [0.25, 0.3) is 0 Å². The maximum absolute atomic E-state index is 14.8. The first-order valence-electron chi connectivity index (χ1n) is 16.3. The van der Waals surface area contributed by atoms with Gasteiger partial charge < -0.3 is 9.47 Å². The number of esters is 1. The van der Waals surface area contributed by atoms with Gasteiger partial charge >= 0.3 is 5.97 Å². The monoisotopic (exact) mass is 587 g/mol. The van der Waals surface area contributed by atoms with Crippen LogP contribution < -0.4 is 0 Å². The Morgan fingerprint density at radius 2 is 1.46 bits per heavy atom. The van der Waals surface area contributed by atoms with Gasteiger partial charge in [0.1, 0.15) is 6.10 Å². The molecule has 230 valence electrons. The Balaban J connectivity index is 1.46. The number of ether oxygens (including phenoxy) is 2. The van der Waals surface area contributed by atoms with Crippen LogP contribution in [0.4, 0.5) is 0 Å². The zero-order valence-electron chi connectivity index (χ0n) is 26.1. The summed E-state index contributed by atoms with van der Waals surface area (Å²) in [5, 5.41) is 0. The highest BCUT2D eigenvalue weighted by atomic mass is 32.2. The first-order chi connectivity index (χ1) is 19.4. The van der Waals surface area contributed by atoms with Crippen molar-refractivity contribution in [3.63, 3.8) is 0 Å². The van der Waals surface area contributed by atoms with E-state index in [0.29, 0.717) is 6.42 Å². The predicted molar refractivity (Wildman–Crippen MR) is 163 cm³/mol. The summed E-state index contributed by atoms with van der Waals surface area (Å²) in [6, 6.07) is 9.73. The molecular weight excluding hydrogens is 534 g/mol. The van der Waals surface area contributed by atoms with Gasteiger partial charge in [-0.2, -0.15) is 4.31 Å². The number of hydrogen-bond donors (Lipinski definition) is 0. The van der Waals surface area contributed by atoms with E-state index in [9.17, 15) is 13.2 Å². The van der Waals surface area contributed by atoms with Gasteiger partial charge in [0.2, 0.25) is 10.0 Å². The number of fused-ring (bicyclic) bond motifs is 2. The van der Waals surface area contributed by atoms with Gasteiger partial charge in [0.05, 0.1) is 11.9 Å². The Labute approximate surface area is 249 Å². The minimum Gasteiger partial charge on any atom is -0.460 e. The van der Waals surface area contributed by atoms with Crippen molar-refractivity contribution < 1.29 is 22.7 Å². The van der Waals surface area contributed by atoms with Crippen LogP contribution in [0, 0.1) is 16.2 Å². The van der Waals surface area contributed by atoms with Crippen LogP contribution in [0.2, 0.25) is 0 Å². The molecule has 0 unspecified atom stereocenters. The molecule has 0 N–H and O–H groups in total. The Hall–Kier alpha value is -1.44. The van der Waals surface area contributed by atoms with Crippen LogP contribution in [0.25, 0.3) is 0 Å². The molecule has 0 spiro atoms. The fraction of sp³-hybridized carbons (Fsp3) is 0.794. The lowest BCUT2D eigenvalue weighted by molar-refractivity contribution is -0.173. The second kappa shape index (κ2) is 11.9. The normalized spacial score (nSPS) is 31.5. The summed E-state index contributed by atoms with van der Waals surface area (Å²) >= 11 is 0. The molecule has 0 saturated heterocycles. The molecule has 1 aromatic carbocycles. The molecule has 7 heteroatoms. The Morgan fingerprint density at radius 3 is 1.98 bits per heavy atom. The van der Waals surface area contributed by atoms with Crippen LogP contribution in [0.5, 0.6) is 0 Å². The minimum atomic E-state index is -3.60. The standard InChI is InChI=1S/C34H53NO5S/c1-25(2)39-30(26-15-9-6-10-16-26)31(36)40-29-23-33(5)21-22-34(29,32(33,3)4)24-41(37,38)35(27-17-11-7-12-18-27)28-19-13-8-14-20-28/h6,9-10,15-16,25,27-30H,7-8,11-14,17-24H2,1-5H3/t29-,30+,33-,34-/m1/s1. The number of rotatable bonds is 10. The van der Waals surface area contributed by atoms with Gasteiger partial charge in [-0.1, -0.05) is 89.6 Å². The summed E-state index contributed by atoms with van der Waals surface area (Å²) in [6.07, 6.45) is 11.6.